The first-order valence-corrected chi connectivity index (χ1v) is 6.54. The van der Waals surface area contributed by atoms with Gasteiger partial charge in [0.2, 0.25) is 11.8 Å². The van der Waals surface area contributed by atoms with Crippen molar-refractivity contribution in [3.05, 3.63) is 47.4 Å². The molecule has 1 N–H and O–H groups in total. The minimum atomic E-state index is -0.244. The molecule has 0 amide bonds. The molecule has 2 rings (SSSR count). The van der Waals surface area contributed by atoms with Gasteiger partial charge in [0.15, 0.2) is 0 Å². The summed E-state index contributed by atoms with van der Waals surface area (Å²) in [4.78, 5) is 8.51. The van der Waals surface area contributed by atoms with E-state index in [0.717, 1.165) is 5.69 Å². The van der Waals surface area contributed by atoms with Crippen LogP contribution >= 0.6 is 0 Å². The first kappa shape index (κ1) is 14.2. The summed E-state index contributed by atoms with van der Waals surface area (Å²) in [6, 6.07) is 8.39. The highest BCUT2D eigenvalue weighted by Crippen LogP contribution is 2.15. The molecule has 0 unspecified atom stereocenters. The Morgan fingerprint density at radius 2 is 2.00 bits per heavy atom. The van der Waals surface area contributed by atoms with E-state index in [0.29, 0.717) is 23.9 Å². The topological polar surface area (TPSA) is 47.0 Å². The summed E-state index contributed by atoms with van der Waals surface area (Å²) in [6.07, 6.45) is 0.0451. The van der Waals surface area contributed by atoms with Crippen molar-refractivity contribution >= 4 is 5.95 Å². The molecule has 1 aromatic heterocycles. The summed E-state index contributed by atoms with van der Waals surface area (Å²) in [5, 5.41) is 3.01. The van der Waals surface area contributed by atoms with Gasteiger partial charge >= 0.3 is 0 Å². The first-order chi connectivity index (χ1) is 9.54. The van der Waals surface area contributed by atoms with Crippen LogP contribution in [-0.4, -0.2) is 16.1 Å². The van der Waals surface area contributed by atoms with Crippen LogP contribution in [0, 0.1) is 12.7 Å². The minimum absolute atomic E-state index is 0.0451. The van der Waals surface area contributed by atoms with E-state index < -0.39 is 0 Å². The SMILES string of the molecule is Cc1cc(OC(C)C)nc(NCc2ccccc2F)n1. The van der Waals surface area contributed by atoms with E-state index in [4.69, 9.17) is 4.74 Å². The molecule has 2 aromatic rings. The Bertz CT molecular complexity index is 587. The van der Waals surface area contributed by atoms with Gasteiger partial charge in [-0.25, -0.2) is 9.37 Å². The number of aromatic nitrogens is 2. The Hall–Kier alpha value is -2.17. The molecule has 0 bridgehead atoms. The fraction of sp³-hybridized carbons (Fsp3) is 0.333. The minimum Gasteiger partial charge on any atom is -0.475 e. The maximum absolute atomic E-state index is 13.5. The van der Waals surface area contributed by atoms with Crippen LogP contribution in [0.25, 0.3) is 0 Å². The molecule has 106 valence electrons. The predicted octanol–water partition coefficient (Wildman–Crippen LogP) is 3.32. The normalized spacial score (nSPS) is 10.7. The fourth-order valence-corrected chi connectivity index (χ4v) is 1.74. The van der Waals surface area contributed by atoms with E-state index in [9.17, 15) is 4.39 Å². The van der Waals surface area contributed by atoms with Crippen LogP contribution < -0.4 is 10.1 Å². The summed E-state index contributed by atoms with van der Waals surface area (Å²) >= 11 is 0. The van der Waals surface area contributed by atoms with E-state index >= 15 is 0 Å². The van der Waals surface area contributed by atoms with Gasteiger partial charge in [-0.2, -0.15) is 4.98 Å². The Kier molecular flexibility index (Phi) is 4.50. The molecule has 0 aliphatic heterocycles. The van der Waals surface area contributed by atoms with Crippen LogP contribution in [0.2, 0.25) is 0 Å². The van der Waals surface area contributed by atoms with Gasteiger partial charge in [0.1, 0.15) is 5.82 Å². The second-order valence-electron chi connectivity index (χ2n) is 4.78. The third-order valence-corrected chi connectivity index (χ3v) is 2.58. The van der Waals surface area contributed by atoms with Gasteiger partial charge in [-0.15, -0.1) is 0 Å². The lowest BCUT2D eigenvalue weighted by atomic mass is 10.2. The number of rotatable bonds is 5. The molecular formula is C15H18FN3O. The molecular weight excluding hydrogens is 257 g/mol. The van der Waals surface area contributed by atoms with Gasteiger partial charge in [0, 0.05) is 23.9 Å². The molecule has 0 saturated heterocycles. The van der Waals surface area contributed by atoms with Crippen LogP contribution in [0.3, 0.4) is 0 Å². The zero-order valence-electron chi connectivity index (χ0n) is 11.9. The van der Waals surface area contributed by atoms with Crippen molar-refractivity contribution in [3.63, 3.8) is 0 Å². The number of hydrogen-bond acceptors (Lipinski definition) is 4. The van der Waals surface area contributed by atoms with Crippen molar-refractivity contribution in [2.45, 2.75) is 33.4 Å². The van der Waals surface area contributed by atoms with Gasteiger partial charge in [-0.05, 0) is 26.8 Å². The summed E-state index contributed by atoms with van der Waals surface area (Å²) in [6.45, 7) is 6.06. The molecule has 20 heavy (non-hydrogen) atoms. The zero-order valence-corrected chi connectivity index (χ0v) is 11.9. The molecule has 0 aliphatic carbocycles. The van der Waals surface area contributed by atoms with E-state index in [-0.39, 0.29) is 11.9 Å². The third-order valence-electron chi connectivity index (χ3n) is 2.58. The van der Waals surface area contributed by atoms with Crippen LogP contribution in [-0.2, 0) is 6.54 Å². The van der Waals surface area contributed by atoms with E-state index in [1.54, 1.807) is 24.3 Å². The summed E-state index contributed by atoms with van der Waals surface area (Å²) in [5.74, 6) is 0.707. The third kappa shape index (κ3) is 3.91. The quantitative estimate of drug-likeness (QED) is 0.909. The average molecular weight is 275 g/mol. The lowest BCUT2D eigenvalue weighted by Gasteiger charge is -2.11. The van der Waals surface area contributed by atoms with Gasteiger partial charge in [-0.3, -0.25) is 0 Å². The zero-order chi connectivity index (χ0) is 14.5. The molecule has 0 aliphatic rings. The number of nitrogens with one attached hydrogen (secondary N) is 1. The molecule has 1 heterocycles. The van der Waals surface area contributed by atoms with Crippen LogP contribution in [0.4, 0.5) is 10.3 Å². The molecule has 0 spiro atoms. The van der Waals surface area contributed by atoms with Gasteiger partial charge in [0.05, 0.1) is 6.10 Å². The highest BCUT2D eigenvalue weighted by Gasteiger charge is 2.06. The Balaban J connectivity index is 2.09. The fourth-order valence-electron chi connectivity index (χ4n) is 1.74. The standard InChI is InChI=1S/C15H18FN3O/c1-10(2)20-14-8-11(3)18-15(19-14)17-9-12-6-4-5-7-13(12)16/h4-8,10H,9H2,1-3H3,(H,17,18,19). The number of halogens is 1. The molecule has 4 nitrogen and oxygen atoms in total. The van der Waals surface area contributed by atoms with Crippen molar-refractivity contribution < 1.29 is 9.13 Å². The van der Waals surface area contributed by atoms with Gasteiger partial charge in [0.25, 0.3) is 0 Å². The van der Waals surface area contributed by atoms with Crippen molar-refractivity contribution in [2.75, 3.05) is 5.32 Å². The van der Waals surface area contributed by atoms with Crippen molar-refractivity contribution in [3.8, 4) is 5.88 Å². The molecule has 0 saturated carbocycles. The van der Waals surface area contributed by atoms with E-state index in [1.165, 1.54) is 6.07 Å². The summed E-state index contributed by atoms with van der Waals surface area (Å²) < 4.78 is 19.1. The number of ether oxygens (including phenoxy) is 1. The predicted molar refractivity (Wildman–Crippen MR) is 76.3 cm³/mol. The number of aryl methyl sites for hydroxylation is 1. The van der Waals surface area contributed by atoms with Crippen LogP contribution in [0.1, 0.15) is 25.1 Å². The number of anilines is 1. The van der Waals surface area contributed by atoms with Gasteiger partial charge in [-0.1, -0.05) is 18.2 Å². The number of benzene rings is 1. The molecule has 0 fully saturated rings. The lowest BCUT2D eigenvalue weighted by Crippen LogP contribution is -2.10. The van der Waals surface area contributed by atoms with E-state index in [2.05, 4.69) is 15.3 Å². The molecule has 0 radical (unpaired) electrons. The average Bonchev–Trinajstić information content (AvgIpc) is 2.36. The van der Waals surface area contributed by atoms with Crippen molar-refractivity contribution in [1.82, 2.24) is 9.97 Å². The number of hydrogen-bond donors (Lipinski definition) is 1. The summed E-state index contributed by atoms with van der Waals surface area (Å²) in [5.41, 5.74) is 1.37. The second-order valence-corrected chi connectivity index (χ2v) is 4.78. The highest BCUT2D eigenvalue weighted by atomic mass is 19.1. The van der Waals surface area contributed by atoms with Gasteiger partial charge < -0.3 is 10.1 Å². The van der Waals surface area contributed by atoms with E-state index in [1.807, 2.05) is 20.8 Å². The second kappa shape index (κ2) is 6.32. The molecule has 0 atom stereocenters. The monoisotopic (exact) mass is 275 g/mol. The highest BCUT2D eigenvalue weighted by molar-refractivity contribution is 5.32. The Morgan fingerprint density at radius 1 is 1.25 bits per heavy atom. The Labute approximate surface area is 118 Å². The maximum Gasteiger partial charge on any atom is 0.226 e. The van der Waals surface area contributed by atoms with Crippen molar-refractivity contribution in [2.24, 2.45) is 0 Å². The molecule has 5 heteroatoms. The summed E-state index contributed by atoms with van der Waals surface area (Å²) in [7, 11) is 0. The van der Waals surface area contributed by atoms with Crippen molar-refractivity contribution in [1.29, 1.82) is 0 Å². The molecule has 1 aromatic carbocycles. The largest absolute Gasteiger partial charge is 0.475 e. The maximum atomic E-state index is 13.5. The lowest BCUT2D eigenvalue weighted by molar-refractivity contribution is 0.232. The van der Waals surface area contributed by atoms with Crippen LogP contribution in [0.5, 0.6) is 5.88 Å². The Morgan fingerprint density at radius 3 is 2.70 bits per heavy atom. The smallest absolute Gasteiger partial charge is 0.226 e. The van der Waals surface area contributed by atoms with Crippen LogP contribution in [0.15, 0.2) is 30.3 Å². The first-order valence-electron chi connectivity index (χ1n) is 6.54. The number of nitrogens with zero attached hydrogens (tertiary/aromatic N) is 2.